The highest BCUT2D eigenvalue weighted by atomic mass is 16.3. The molecule has 2 N–H and O–H groups in total. The van der Waals surface area contributed by atoms with E-state index < -0.39 is 6.10 Å². The van der Waals surface area contributed by atoms with Gasteiger partial charge in [-0.25, -0.2) is 19.3 Å². The Hall–Kier alpha value is -2.94. The van der Waals surface area contributed by atoms with Gasteiger partial charge >= 0.3 is 6.03 Å². The van der Waals surface area contributed by atoms with Crippen LogP contribution in [0.3, 0.4) is 0 Å². The molecule has 1 aliphatic rings. The number of anilines is 1. The van der Waals surface area contributed by atoms with Gasteiger partial charge in [-0.1, -0.05) is 0 Å². The molecule has 4 rings (SSSR count). The number of imidazole rings is 1. The molecule has 0 spiro atoms. The molecular weight excluding hydrogens is 346 g/mol. The predicted molar refractivity (Wildman–Crippen MR) is 99.2 cm³/mol. The van der Waals surface area contributed by atoms with E-state index in [9.17, 15) is 9.90 Å². The normalized spacial score (nSPS) is 16.6. The van der Waals surface area contributed by atoms with E-state index in [2.05, 4.69) is 20.4 Å². The lowest BCUT2D eigenvalue weighted by Crippen LogP contribution is -2.42. The van der Waals surface area contributed by atoms with E-state index in [1.807, 2.05) is 36.9 Å². The molecule has 0 aromatic carbocycles. The number of aliphatic hydroxyl groups excluding tert-OH is 1. The van der Waals surface area contributed by atoms with Gasteiger partial charge in [-0.2, -0.15) is 5.10 Å². The highest BCUT2D eigenvalue weighted by molar-refractivity contribution is 5.93. The summed E-state index contributed by atoms with van der Waals surface area (Å²) in [5.74, 6) is 1.42. The molecule has 9 nitrogen and oxygen atoms in total. The predicted octanol–water partition coefficient (Wildman–Crippen LogP) is 1.75. The second kappa shape index (κ2) is 6.99. The number of piperidine rings is 1. The van der Waals surface area contributed by atoms with Crippen LogP contribution in [-0.2, 0) is 7.05 Å². The molecule has 1 atom stereocenters. The summed E-state index contributed by atoms with van der Waals surface area (Å²) in [6, 6.07) is 3.49. The quantitative estimate of drug-likeness (QED) is 0.732. The number of aromatic nitrogens is 5. The van der Waals surface area contributed by atoms with Crippen molar-refractivity contribution in [1.29, 1.82) is 0 Å². The van der Waals surface area contributed by atoms with Gasteiger partial charge in [-0.3, -0.25) is 0 Å². The first-order chi connectivity index (χ1) is 13.0. The van der Waals surface area contributed by atoms with Gasteiger partial charge in [0.05, 0.1) is 5.69 Å². The Morgan fingerprint density at radius 1 is 1.33 bits per heavy atom. The van der Waals surface area contributed by atoms with Crippen molar-refractivity contribution in [3.05, 3.63) is 42.4 Å². The Bertz CT molecular complexity index is 956. The zero-order valence-corrected chi connectivity index (χ0v) is 15.4. The molecule has 1 aliphatic heterocycles. The summed E-state index contributed by atoms with van der Waals surface area (Å²) in [4.78, 5) is 23.0. The number of aryl methyl sites for hydroxylation is 2. The first-order valence-electron chi connectivity index (χ1n) is 9.06. The number of likely N-dealkylation sites (tertiary alicyclic amines) is 1. The Morgan fingerprint density at radius 2 is 2.11 bits per heavy atom. The van der Waals surface area contributed by atoms with Crippen LogP contribution < -0.4 is 5.32 Å². The number of pyridine rings is 1. The Kier molecular flexibility index (Phi) is 4.53. The van der Waals surface area contributed by atoms with Gasteiger partial charge in [0.25, 0.3) is 0 Å². The Labute approximate surface area is 156 Å². The maximum absolute atomic E-state index is 12.7. The first-order valence-corrected chi connectivity index (χ1v) is 9.06. The van der Waals surface area contributed by atoms with Crippen molar-refractivity contribution < 1.29 is 9.90 Å². The Balaban J connectivity index is 1.39. The van der Waals surface area contributed by atoms with Crippen LogP contribution in [0.1, 0.15) is 30.6 Å². The van der Waals surface area contributed by atoms with Gasteiger partial charge in [0.15, 0.2) is 5.65 Å². The van der Waals surface area contributed by atoms with Gasteiger partial charge in [-0.05, 0) is 37.8 Å². The van der Waals surface area contributed by atoms with Crippen LogP contribution in [-0.4, -0.2) is 53.3 Å². The van der Waals surface area contributed by atoms with Crippen LogP contribution in [0.15, 0.2) is 30.7 Å². The number of carbonyl (C=O) groups is 1. The zero-order chi connectivity index (χ0) is 19.0. The van der Waals surface area contributed by atoms with Gasteiger partial charge < -0.3 is 19.9 Å². The van der Waals surface area contributed by atoms with Crippen molar-refractivity contribution >= 4 is 17.4 Å². The van der Waals surface area contributed by atoms with Crippen molar-refractivity contribution in [2.45, 2.75) is 25.9 Å². The first kappa shape index (κ1) is 17.5. The number of hydrogen-bond acceptors (Lipinski definition) is 5. The number of rotatable bonds is 3. The molecular formula is C18H23N7O2. The average Bonchev–Trinajstić information content (AvgIpc) is 3.26. The molecule has 0 unspecified atom stereocenters. The summed E-state index contributed by atoms with van der Waals surface area (Å²) in [5, 5.41) is 17.8. The molecule has 27 heavy (non-hydrogen) atoms. The molecule has 2 amide bonds. The van der Waals surface area contributed by atoms with Crippen LogP contribution >= 0.6 is 0 Å². The molecule has 3 aromatic heterocycles. The van der Waals surface area contributed by atoms with E-state index in [1.54, 1.807) is 21.8 Å². The van der Waals surface area contributed by atoms with E-state index >= 15 is 0 Å². The van der Waals surface area contributed by atoms with Crippen LogP contribution in [0.25, 0.3) is 5.65 Å². The molecule has 142 valence electrons. The van der Waals surface area contributed by atoms with Crippen molar-refractivity contribution in [2.24, 2.45) is 13.0 Å². The average molecular weight is 369 g/mol. The summed E-state index contributed by atoms with van der Waals surface area (Å²) in [6.45, 7) is 3.00. The third kappa shape index (κ3) is 3.37. The summed E-state index contributed by atoms with van der Waals surface area (Å²) < 4.78 is 3.49. The van der Waals surface area contributed by atoms with E-state index in [0.717, 1.165) is 12.8 Å². The second-order valence-electron chi connectivity index (χ2n) is 6.94. The highest BCUT2D eigenvalue weighted by Crippen LogP contribution is 2.30. The lowest BCUT2D eigenvalue weighted by atomic mass is 9.91. The van der Waals surface area contributed by atoms with E-state index in [1.165, 1.54) is 0 Å². The molecule has 0 saturated carbocycles. The lowest BCUT2D eigenvalue weighted by Gasteiger charge is -2.34. The minimum Gasteiger partial charge on any atom is -0.385 e. The van der Waals surface area contributed by atoms with Gasteiger partial charge in [0, 0.05) is 38.7 Å². The molecule has 0 bridgehead atoms. The number of nitrogens with zero attached hydrogens (tertiary/aromatic N) is 6. The number of fused-ring (bicyclic) bond motifs is 1. The van der Waals surface area contributed by atoms with Gasteiger partial charge in [0.1, 0.15) is 17.8 Å². The summed E-state index contributed by atoms with van der Waals surface area (Å²) in [6.07, 6.45) is 6.17. The third-order valence-corrected chi connectivity index (χ3v) is 5.11. The fraction of sp³-hybridized carbons (Fsp3) is 0.444. The van der Waals surface area contributed by atoms with Gasteiger partial charge in [0.2, 0.25) is 0 Å². The van der Waals surface area contributed by atoms with Crippen LogP contribution in [0.2, 0.25) is 0 Å². The molecule has 0 radical (unpaired) electrons. The summed E-state index contributed by atoms with van der Waals surface area (Å²) in [7, 11) is 1.88. The van der Waals surface area contributed by atoms with Crippen LogP contribution in [0, 0.1) is 12.8 Å². The zero-order valence-electron chi connectivity index (χ0n) is 15.4. The number of carbonyl (C=O) groups excluding carboxylic acids is 1. The van der Waals surface area contributed by atoms with E-state index in [0.29, 0.717) is 36.1 Å². The highest BCUT2D eigenvalue weighted by Gasteiger charge is 2.30. The number of aliphatic hydroxyl groups is 1. The third-order valence-electron chi connectivity index (χ3n) is 5.11. The molecule has 9 heteroatoms. The lowest BCUT2D eigenvalue weighted by molar-refractivity contribution is 0.0600. The number of hydrogen-bond donors (Lipinski definition) is 2. The van der Waals surface area contributed by atoms with E-state index in [4.69, 9.17) is 0 Å². The second-order valence-corrected chi connectivity index (χ2v) is 6.94. The van der Waals surface area contributed by atoms with Gasteiger partial charge in [-0.15, -0.1) is 0 Å². The SMILES string of the molecule is Cc1nc2c(NC(=O)N3CCC([C@H](O)c4nccn4C)CC3)cccn2n1. The van der Waals surface area contributed by atoms with Crippen molar-refractivity contribution in [3.63, 3.8) is 0 Å². The van der Waals surface area contributed by atoms with Crippen molar-refractivity contribution in [2.75, 3.05) is 18.4 Å². The van der Waals surface area contributed by atoms with Crippen LogP contribution in [0.4, 0.5) is 10.5 Å². The molecule has 3 aromatic rings. The van der Waals surface area contributed by atoms with Crippen LogP contribution in [0.5, 0.6) is 0 Å². The largest absolute Gasteiger partial charge is 0.385 e. The number of nitrogens with one attached hydrogen (secondary N) is 1. The number of urea groups is 1. The van der Waals surface area contributed by atoms with Crippen molar-refractivity contribution in [1.82, 2.24) is 29.0 Å². The molecule has 4 heterocycles. The summed E-state index contributed by atoms with van der Waals surface area (Å²) >= 11 is 0. The molecule has 1 fully saturated rings. The summed E-state index contributed by atoms with van der Waals surface area (Å²) in [5.41, 5.74) is 1.27. The fourth-order valence-corrected chi connectivity index (χ4v) is 3.60. The molecule has 0 aliphatic carbocycles. The standard InChI is InChI=1S/C18H23N7O2/c1-12-20-16-14(4-3-8-25(16)22-12)21-18(27)24-9-5-13(6-10-24)15(26)17-19-7-11-23(17)2/h3-4,7-8,11,13,15,26H,5-6,9-10H2,1-2H3,(H,21,27)/t15-/m0/s1. The van der Waals surface area contributed by atoms with Crippen molar-refractivity contribution in [3.8, 4) is 0 Å². The smallest absolute Gasteiger partial charge is 0.321 e. The monoisotopic (exact) mass is 369 g/mol. The Morgan fingerprint density at radius 3 is 2.81 bits per heavy atom. The topological polar surface area (TPSA) is 101 Å². The fourth-order valence-electron chi connectivity index (χ4n) is 3.60. The maximum Gasteiger partial charge on any atom is 0.321 e. The van der Waals surface area contributed by atoms with E-state index in [-0.39, 0.29) is 11.9 Å². The minimum atomic E-state index is -0.608. The number of amides is 2. The molecule has 1 saturated heterocycles. The minimum absolute atomic E-state index is 0.0951. The maximum atomic E-state index is 12.7.